The minimum atomic E-state index is -0.375. The first kappa shape index (κ1) is 9.96. The molecule has 0 N–H and O–H groups in total. The standard InChI is InChI=1S/C13H9NO3/c15-11(8-5-6-8)7-14-12(16)9-3-1-2-4-10(9)13(14)17/h1-5H,6-7H2. The molecule has 1 aliphatic heterocycles. The number of allylic oxidation sites excluding steroid dienone is 1. The smallest absolute Gasteiger partial charge is 0.261 e. The highest BCUT2D eigenvalue weighted by atomic mass is 16.2. The Kier molecular flexibility index (Phi) is 1.98. The number of hydrogen-bond donors (Lipinski definition) is 0. The molecule has 0 radical (unpaired) electrons. The molecule has 2 aliphatic rings. The van der Waals surface area contributed by atoms with E-state index in [1.165, 1.54) is 0 Å². The zero-order chi connectivity index (χ0) is 12.0. The Balaban J connectivity index is 1.89. The van der Waals surface area contributed by atoms with Gasteiger partial charge in [-0.15, -0.1) is 0 Å². The minimum absolute atomic E-state index is 0.139. The molecule has 0 bridgehead atoms. The molecule has 1 aromatic carbocycles. The summed E-state index contributed by atoms with van der Waals surface area (Å²) in [6.45, 7) is -0.141. The van der Waals surface area contributed by atoms with Gasteiger partial charge in [0.25, 0.3) is 11.8 Å². The third-order valence-electron chi connectivity index (χ3n) is 2.95. The molecular formula is C13H9NO3. The van der Waals surface area contributed by atoms with Crippen molar-refractivity contribution in [1.82, 2.24) is 4.90 Å². The number of amides is 2. The van der Waals surface area contributed by atoms with Crippen LogP contribution < -0.4 is 0 Å². The van der Waals surface area contributed by atoms with Crippen LogP contribution in [0.2, 0.25) is 0 Å². The van der Waals surface area contributed by atoms with E-state index in [4.69, 9.17) is 0 Å². The van der Waals surface area contributed by atoms with E-state index in [1.54, 1.807) is 30.3 Å². The molecule has 0 saturated heterocycles. The number of nitrogens with zero attached hydrogens (tertiary/aromatic N) is 1. The number of ketones is 1. The normalized spacial score (nSPS) is 16.9. The fourth-order valence-corrected chi connectivity index (χ4v) is 1.91. The molecule has 1 aliphatic carbocycles. The van der Waals surface area contributed by atoms with E-state index < -0.39 is 0 Å². The molecule has 0 aromatic heterocycles. The number of carbonyl (C=O) groups excluding carboxylic acids is 3. The average Bonchev–Trinajstić information content (AvgIpc) is 3.15. The summed E-state index contributed by atoms with van der Waals surface area (Å²) in [6, 6.07) is 6.63. The second-order valence-corrected chi connectivity index (χ2v) is 4.10. The van der Waals surface area contributed by atoms with Crippen LogP contribution in [0, 0.1) is 0 Å². The maximum atomic E-state index is 11.9. The first-order valence-electron chi connectivity index (χ1n) is 5.36. The lowest BCUT2D eigenvalue weighted by Crippen LogP contribution is -2.34. The van der Waals surface area contributed by atoms with Crippen molar-refractivity contribution in [3.8, 4) is 0 Å². The lowest BCUT2D eigenvalue weighted by Gasteiger charge is -2.11. The van der Waals surface area contributed by atoms with Crippen molar-refractivity contribution in [3.05, 3.63) is 47.0 Å². The topological polar surface area (TPSA) is 54.5 Å². The molecule has 0 spiro atoms. The molecule has 0 atom stereocenters. The maximum absolute atomic E-state index is 11.9. The number of imide groups is 1. The summed E-state index contributed by atoms with van der Waals surface area (Å²) < 4.78 is 0. The lowest BCUT2D eigenvalue weighted by atomic mass is 10.1. The van der Waals surface area contributed by atoms with Gasteiger partial charge in [-0.1, -0.05) is 18.2 Å². The predicted molar refractivity (Wildman–Crippen MR) is 59.5 cm³/mol. The summed E-state index contributed by atoms with van der Waals surface area (Å²) in [6.07, 6.45) is 2.47. The van der Waals surface area contributed by atoms with Gasteiger partial charge in [-0.3, -0.25) is 19.3 Å². The Morgan fingerprint density at radius 1 is 1.12 bits per heavy atom. The van der Waals surface area contributed by atoms with Gasteiger partial charge in [0.2, 0.25) is 0 Å². The van der Waals surface area contributed by atoms with Crippen molar-refractivity contribution in [2.75, 3.05) is 6.54 Å². The highest BCUT2D eigenvalue weighted by molar-refractivity contribution is 6.23. The Morgan fingerprint density at radius 2 is 1.65 bits per heavy atom. The van der Waals surface area contributed by atoms with E-state index >= 15 is 0 Å². The van der Waals surface area contributed by atoms with Crippen LogP contribution in [0.1, 0.15) is 27.1 Å². The number of Topliss-reactive ketones (excluding diaryl/α,β-unsaturated/α-hetero) is 1. The zero-order valence-corrected chi connectivity index (χ0v) is 8.97. The van der Waals surface area contributed by atoms with Gasteiger partial charge < -0.3 is 0 Å². The molecule has 0 saturated carbocycles. The Morgan fingerprint density at radius 3 is 2.12 bits per heavy atom. The van der Waals surface area contributed by atoms with Crippen LogP contribution >= 0.6 is 0 Å². The van der Waals surface area contributed by atoms with Crippen molar-refractivity contribution < 1.29 is 14.4 Å². The van der Waals surface area contributed by atoms with Gasteiger partial charge in [-0.2, -0.15) is 0 Å². The van der Waals surface area contributed by atoms with Crippen LogP contribution in [0.15, 0.2) is 35.9 Å². The summed E-state index contributed by atoms with van der Waals surface area (Å²) in [5.74, 6) is -0.889. The molecule has 0 unspecified atom stereocenters. The second-order valence-electron chi connectivity index (χ2n) is 4.10. The first-order chi connectivity index (χ1) is 8.18. The number of fused-ring (bicyclic) bond motifs is 1. The van der Waals surface area contributed by atoms with Crippen LogP contribution in [-0.4, -0.2) is 29.0 Å². The summed E-state index contributed by atoms with van der Waals surface area (Å²) in [4.78, 5) is 36.4. The third-order valence-corrected chi connectivity index (χ3v) is 2.95. The molecule has 0 fully saturated rings. The minimum Gasteiger partial charge on any atom is -0.293 e. The molecule has 2 amide bonds. The number of hydrogen-bond acceptors (Lipinski definition) is 3. The van der Waals surface area contributed by atoms with Gasteiger partial charge in [0.15, 0.2) is 5.78 Å². The van der Waals surface area contributed by atoms with Crippen LogP contribution in [-0.2, 0) is 4.79 Å². The highest BCUT2D eigenvalue weighted by Crippen LogP contribution is 2.25. The molecule has 4 nitrogen and oxygen atoms in total. The van der Waals surface area contributed by atoms with E-state index in [9.17, 15) is 14.4 Å². The molecule has 1 aromatic rings. The van der Waals surface area contributed by atoms with Crippen LogP contribution in [0.4, 0.5) is 0 Å². The van der Waals surface area contributed by atoms with Crippen molar-refractivity contribution >= 4 is 17.6 Å². The van der Waals surface area contributed by atoms with Gasteiger partial charge in [0.05, 0.1) is 17.7 Å². The first-order valence-corrected chi connectivity index (χ1v) is 5.36. The Hall–Kier alpha value is -2.23. The summed E-state index contributed by atoms with van der Waals surface area (Å²) in [7, 11) is 0. The monoisotopic (exact) mass is 227 g/mol. The number of benzene rings is 1. The van der Waals surface area contributed by atoms with E-state index in [1.807, 2.05) is 0 Å². The largest absolute Gasteiger partial charge is 0.293 e. The van der Waals surface area contributed by atoms with Crippen LogP contribution in [0.5, 0.6) is 0 Å². The zero-order valence-electron chi connectivity index (χ0n) is 8.97. The molecule has 17 heavy (non-hydrogen) atoms. The van der Waals surface area contributed by atoms with Crippen molar-refractivity contribution in [1.29, 1.82) is 0 Å². The fourth-order valence-electron chi connectivity index (χ4n) is 1.91. The van der Waals surface area contributed by atoms with Crippen molar-refractivity contribution in [2.24, 2.45) is 0 Å². The molecule has 3 rings (SSSR count). The average molecular weight is 227 g/mol. The fraction of sp³-hybridized carbons (Fsp3) is 0.154. The molecule has 4 heteroatoms. The van der Waals surface area contributed by atoms with Crippen LogP contribution in [0.25, 0.3) is 0 Å². The SMILES string of the molecule is O=C(CN1C(=O)c2ccccc2C1=O)C1=CC1. The van der Waals surface area contributed by atoms with E-state index in [0.717, 1.165) is 4.90 Å². The van der Waals surface area contributed by atoms with Gasteiger partial charge in [-0.25, -0.2) is 0 Å². The summed E-state index contributed by atoms with van der Waals surface area (Å²) in [5.41, 5.74) is 1.48. The third kappa shape index (κ3) is 1.49. The second kappa shape index (κ2) is 3.38. The van der Waals surface area contributed by atoms with Gasteiger partial charge in [0.1, 0.15) is 0 Å². The highest BCUT2D eigenvalue weighted by Gasteiger charge is 2.37. The van der Waals surface area contributed by atoms with Crippen molar-refractivity contribution in [2.45, 2.75) is 6.42 Å². The lowest BCUT2D eigenvalue weighted by molar-refractivity contribution is -0.115. The number of carbonyl (C=O) groups is 3. The van der Waals surface area contributed by atoms with Gasteiger partial charge in [0, 0.05) is 0 Å². The predicted octanol–water partition coefficient (Wildman–Crippen LogP) is 1.18. The van der Waals surface area contributed by atoms with Crippen molar-refractivity contribution in [3.63, 3.8) is 0 Å². The van der Waals surface area contributed by atoms with Gasteiger partial charge in [-0.05, 0) is 24.1 Å². The van der Waals surface area contributed by atoms with E-state index in [2.05, 4.69) is 0 Å². The maximum Gasteiger partial charge on any atom is 0.261 e. The Labute approximate surface area is 97.5 Å². The van der Waals surface area contributed by atoms with Crippen LogP contribution in [0.3, 0.4) is 0 Å². The quantitative estimate of drug-likeness (QED) is 0.728. The molecule has 84 valence electrons. The summed E-state index contributed by atoms with van der Waals surface area (Å²) >= 11 is 0. The Bertz CT molecular complexity index is 551. The van der Waals surface area contributed by atoms with Gasteiger partial charge >= 0.3 is 0 Å². The number of rotatable bonds is 3. The van der Waals surface area contributed by atoms with E-state index in [-0.39, 0.29) is 24.1 Å². The molecule has 1 heterocycles. The summed E-state index contributed by atoms with van der Waals surface area (Å²) in [5, 5.41) is 0. The molecular weight excluding hydrogens is 218 g/mol. The van der Waals surface area contributed by atoms with E-state index in [0.29, 0.717) is 23.1 Å².